The third-order valence-electron chi connectivity index (χ3n) is 3.72. The van der Waals surface area contributed by atoms with Gasteiger partial charge in [-0.1, -0.05) is 0 Å². The van der Waals surface area contributed by atoms with Gasteiger partial charge in [0.25, 0.3) is 0 Å². The zero-order valence-electron chi connectivity index (χ0n) is 14.2. The van der Waals surface area contributed by atoms with Crippen molar-refractivity contribution < 1.29 is 13.2 Å². The number of thiazole rings is 1. The predicted molar refractivity (Wildman–Crippen MR) is 104 cm³/mol. The molecule has 0 saturated carbocycles. The molecule has 1 amide bonds. The number of nitrogens with zero attached hydrogens (tertiary/aromatic N) is 1. The number of hydrogen-bond donors (Lipinski definition) is 3. The Hall–Kier alpha value is -2.49. The first-order valence-electron chi connectivity index (χ1n) is 7.80. The molecule has 0 saturated heterocycles. The zero-order chi connectivity index (χ0) is 18.9. The van der Waals surface area contributed by atoms with Crippen LogP contribution in [0, 0.1) is 6.92 Å². The van der Waals surface area contributed by atoms with Crippen molar-refractivity contribution in [1.29, 1.82) is 0 Å². The topological polar surface area (TPSA) is 114 Å². The normalized spacial score (nSPS) is 12.7. The number of aromatic nitrogens is 1. The Morgan fingerprint density at radius 2 is 1.81 bits per heavy atom. The van der Waals surface area contributed by atoms with E-state index >= 15 is 0 Å². The quantitative estimate of drug-likeness (QED) is 0.620. The molecule has 3 rings (SSSR count). The highest BCUT2D eigenvalue weighted by Gasteiger charge is 2.14. The molecule has 0 aliphatic carbocycles. The molecule has 0 unspecified atom stereocenters. The maximum atomic E-state index is 12.3. The summed E-state index contributed by atoms with van der Waals surface area (Å²) in [5.74, 6) is -0.242. The summed E-state index contributed by atoms with van der Waals surface area (Å²) >= 11 is 1.60. The minimum Gasteiger partial charge on any atom is -0.374 e. The molecule has 4 N–H and O–H groups in total. The van der Waals surface area contributed by atoms with Crippen molar-refractivity contribution in [2.24, 2.45) is 5.14 Å². The van der Waals surface area contributed by atoms with Gasteiger partial charge < -0.3 is 10.6 Å². The summed E-state index contributed by atoms with van der Waals surface area (Å²) in [7, 11) is -3.75. The number of amides is 1. The SMILES string of the molecule is Cc1nc2ccc(N[C@@H](C)C(=O)Nc3ccc(S(N)(=O)=O)cc3)cc2s1. The maximum Gasteiger partial charge on any atom is 0.246 e. The van der Waals surface area contributed by atoms with E-state index in [1.165, 1.54) is 24.3 Å². The molecule has 2 aromatic carbocycles. The minimum absolute atomic E-state index is 0.00479. The molecule has 0 fully saturated rings. The molecule has 0 radical (unpaired) electrons. The van der Waals surface area contributed by atoms with Crippen molar-refractivity contribution >= 4 is 48.9 Å². The molecular weight excluding hydrogens is 372 g/mol. The van der Waals surface area contributed by atoms with Crippen molar-refractivity contribution in [3.05, 3.63) is 47.5 Å². The highest BCUT2D eigenvalue weighted by Crippen LogP contribution is 2.25. The minimum atomic E-state index is -3.75. The van der Waals surface area contributed by atoms with E-state index in [0.29, 0.717) is 5.69 Å². The molecule has 1 heterocycles. The van der Waals surface area contributed by atoms with E-state index in [2.05, 4.69) is 15.6 Å². The van der Waals surface area contributed by atoms with E-state index in [1.807, 2.05) is 25.1 Å². The number of primary sulfonamides is 1. The van der Waals surface area contributed by atoms with Crippen LogP contribution in [0.4, 0.5) is 11.4 Å². The zero-order valence-corrected chi connectivity index (χ0v) is 15.8. The molecule has 1 atom stereocenters. The highest BCUT2D eigenvalue weighted by molar-refractivity contribution is 7.89. The van der Waals surface area contributed by atoms with Crippen LogP contribution in [0.2, 0.25) is 0 Å². The van der Waals surface area contributed by atoms with Crippen LogP contribution < -0.4 is 15.8 Å². The second-order valence-corrected chi connectivity index (χ2v) is 8.64. The van der Waals surface area contributed by atoms with Gasteiger partial charge in [-0.25, -0.2) is 18.5 Å². The molecule has 0 bridgehead atoms. The van der Waals surface area contributed by atoms with E-state index in [4.69, 9.17) is 5.14 Å². The van der Waals surface area contributed by atoms with Gasteiger partial charge in [0.05, 0.1) is 20.1 Å². The number of hydrogen-bond acceptors (Lipinski definition) is 6. The third-order valence-corrected chi connectivity index (χ3v) is 5.59. The molecule has 7 nitrogen and oxygen atoms in total. The van der Waals surface area contributed by atoms with E-state index < -0.39 is 16.1 Å². The second-order valence-electron chi connectivity index (χ2n) is 5.84. The molecule has 9 heteroatoms. The van der Waals surface area contributed by atoms with Gasteiger partial charge in [-0.15, -0.1) is 11.3 Å². The van der Waals surface area contributed by atoms with Crippen LogP contribution in [0.1, 0.15) is 11.9 Å². The Morgan fingerprint density at radius 1 is 1.15 bits per heavy atom. The van der Waals surface area contributed by atoms with Gasteiger partial charge in [0.2, 0.25) is 15.9 Å². The van der Waals surface area contributed by atoms with Crippen molar-refractivity contribution in [1.82, 2.24) is 4.98 Å². The third kappa shape index (κ3) is 4.18. The van der Waals surface area contributed by atoms with Gasteiger partial charge in [-0.2, -0.15) is 0 Å². The molecule has 136 valence electrons. The van der Waals surface area contributed by atoms with Crippen molar-refractivity contribution in [3.63, 3.8) is 0 Å². The first kappa shape index (κ1) is 18.3. The number of anilines is 2. The van der Waals surface area contributed by atoms with E-state index in [-0.39, 0.29) is 10.8 Å². The van der Waals surface area contributed by atoms with E-state index in [9.17, 15) is 13.2 Å². The average molecular weight is 390 g/mol. The smallest absolute Gasteiger partial charge is 0.246 e. The number of benzene rings is 2. The Kier molecular flexibility index (Phi) is 4.94. The summed E-state index contributed by atoms with van der Waals surface area (Å²) in [6.45, 7) is 3.70. The summed E-state index contributed by atoms with van der Waals surface area (Å²) in [6, 6.07) is 11.0. The summed E-state index contributed by atoms with van der Waals surface area (Å²) in [6.07, 6.45) is 0. The monoisotopic (exact) mass is 390 g/mol. The van der Waals surface area contributed by atoms with Gasteiger partial charge in [0.1, 0.15) is 6.04 Å². The molecular formula is C17H18N4O3S2. The number of fused-ring (bicyclic) bond motifs is 1. The number of rotatable bonds is 5. The predicted octanol–water partition coefficient (Wildman–Crippen LogP) is 2.69. The lowest BCUT2D eigenvalue weighted by Gasteiger charge is -2.15. The van der Waals surface area contributed by atoms with Gasteiger partial charge in [0.15, 0.2) is 0 Å². The van der Waals surface area contributed by atoms with Gasteiger partial charge >= 0.3 is 0 Å². The maximum absolute atomic E-state index is 12.3. The van der Waals surface area contributed by atoms with Crippen LogP contribution >= 0.6 is 11.3 Å². The number of aryl methyl sites for hydroxylation is 1. The highest BCUT2D eigenvalue weighted by atomic mass is 32.2. The second kappa shape index (κ2) is 7.02. The van der Waals surface area contributed by atoms with Gasteiger partial charge in [-0.05, 0) is 56.3 Å². The lowest BCUT2D eigenvalue weighted by molar-refractivity contribution is -0.116. The number of nitrogens with two attached hydrogens (primary N) is 1. The van der Waals surface area contributed by atoms with Crippen molar-refractivity contribution in [2.45, 2.75) is 24.8 Å². The fourth-order valence-electron chi connectivity index (χ4n) is 2.42. The van der Waals surface area contributed by atoms with Crippen LogP contribution in [-0.4, -0.2) is 25.4 Å². The number of carbonyl (C=O) groups excluding carboxylic acids is 1. The summed E-state index contributed by atoms with van der Waals surface area (Å²) in [4.78, 5) is 16.7. The molecule has 0 spiro atoms. The number of carbonyl (C=O) groups is 1. The molecule has 0 aliphatic rings. The largest absolute Gasteiger partial charge is 0.374 e. The van der Waals surface area contributed by atoms with E-state index in [1.54, 1.807) is 18.3 Å². The summed E-state index contributed by atoms with van der Waals surface area (Å²) in [5, 5.41) is 11.9. The van der Waals surface area contributed by atoms with Crippen LogP contribution in [0.5, 0.6) is 0 Å². The van der Waals surface area contributed by atoms with Gasteiger partial charge in [-0.3, -0.25) is 4.79 Å². The molecule has 3 aromatic rings. The summed E-state index contributed by atoms with van der Waals surface area (Å²) < 4.78 is 23.6. The van der Waals surface area contributed by atoms with Crippen molar-refractivity contribution in [3.8, 4) is 0 Å². The van der Waals surface area contributed by atoms with Crippen LogP contribution in [0.25, 0.3) is 10.2 Å². The van der Waals surface area contributed by atoms with Crippen LogP contribution in [0.15, 0.2) is 47.4 Å². The molecule has 26 heavy (non-hydrogen) atoms. The molecule has 1 aromatic heterocycles. The lowest BCUT2D eigenvalue weighted by atomic mass is 10.2. The average Bonchev–Trinajstić information content (AvgIpc) is 2.93. The van der Waals surface area contributed by atoms with Crippen LogP contribution in [0.3, 0.4) is 0 Å². The van der Waals surface area contributed by atoms with Crippen molar-refractivity contribution in [2.75, 3.05) is 10.6 Å². The first-order valence-corrected chi connectivity index (χ1v) is 10.2. The molecule has 0 aliphatic heterocycles. The Balaban J connectivity index is 1.66. The summed E-state index contributed by atoms with van der Waals surface area (Å²) in [5.41, 5.74) is 2.25. The Morgan fingerprint density at radius 3 is 2.46 bits per heavy atom. The Bertz CT molecular complexity index is 1060. The lowest BCUT2D eigenvalue weighted by Crippen LogP contribution is -2.31. The number of sulfonamides is 1. The number of nitrogens with one attached hydrogen (secondary N) is 2. The van der Waals surface area contributed by atoms with Gasteiger partial charge in [0, 0.05) is 11.4 Å². The standard InChI is InChI=1S/C17H18N4O3S2/c1-10(19-13-5-8-15-16(9-13)25-11(2)20-15)17(22)21-12-3-6-14(7-4-12)26(18,23)24/h3-10,19H,1-2H3,(H,21,22)(H2,18,23,24)/t10-/m0/s1. The van der Waals surface area contributed by atoms with E-state index in [0.717, 1.165) is 20.9 Å². The first-order chi connectivity index (χ1) is 12.2. The van der Waals surface area contributed by atoms with Crippen LogP contribution in [-0.2, 0) is 14.8 Å². The Labute approximate surface area is 155 Å². The fraction of sp³-hybridized carbons (Fsp3) is 0.176. The fourth-order valence-corrected chi connectivity index (χ4v) is 3.81.